The number of ether oxygens (including phenoxy) is 2. The average molecular weight is 682 g/mol. The molecule has 5 aromatic rings. The number of pyridine rings is 1. The molecule has 0 unspecified atom stereocenters. The molecule has 5 rings (SSSR count). The van der Waals surface area contributed by atoms with Gasteiger partial charge in [0.15, 0.2) is 11.5 Å². The van der Waals surface area contributed by atoms with Crippen LogP contribution in [0.4, 0.5) is 0 Å². The van der Waals surface area contributed by atoms with Gasteiger partial charge in [0.2, 0.25) is 0 Å². The summed E-state index contributed by atoms with van der Waals surface area (Å²) in [5.41, 5.74) is 7.03. The maximum atomic E-state index is 13.2. The van der Waals surface area contributed by atoms with Crippen LogP contribution in [0.5, 0.6) is 11.5 Å². The van der Waals surface area contributed by atoms with Gasteiger partial charge in [-0.05, 0) is 64.6 Å². The van der Waals surface area contributed by atoms with Crippen LogP contribution in [-0.2, 0) is 6.61 Å². The van der Waals surface area contributed by atoms with E-state index < -0.39 is 0 Å². The summed E-state index contributed by atoms with van der Waals surface area (Å²) in [6, 6.07) is 28.0. The minimum atomic E-state index is -0.339. The summed E-state index contributed by atoms with van der Waals surface area (Å²) in [4.78, 5) is 18.0. The molecule has 1 aromatic heterocycles. The van der Waals surface area contributed by atoms with Crippen molar-refractivity contribution in [3.63, 3.8) is 0 Å². The maximum absolute atomic E-state index is 13.2. The van der Waals surface area contributed by atoms with Gasteiger partial charge in [0.1, 0.15) is 6.61 Å². The minimum absolute atomic E-state index is 0.247. The number of amides is 1. The van der Waals surface area contributed by atoms with Crippen LogP contribution < -0.4 is 14.9 Å². The van der Waals surface area contributed by atoms with Crippen LogP contribution in [0.25, 0.3) is 22.2 Å². The topological polar surface area (TPSA) is 72.8 Å². The second-order valence-corrected chi connectivity index (χ2v) is 10.7. The third-order valence-corrected chi connectivity index (χ3v) is 7.44. The zero-order chi connectivity index (χ0) is 28.1. The van der Waals surface area contributed by atoms with Crippen molar-refractivity contribution in [1.29, 1.82) is 0 Å². The normalized spacial score (nSPS) is 11.1. The van der Waals surface area contributed by atoms with Gasteiger partial charge in [-0.2, -0.15) is 5.10 Å². The molecule has 0 aliphatic heterocycles. The van der Waals surface area contributed by atoms with Crippen molar-refractivity contribution in [2.75, 3.05) is 7.11 Å². The predicted octanol–water partition coefficient (Wildman–Crippen LogP) is 8.16. The van der Waals surface area contributed by atoms with E-state index in [2.05, 4.69) is 33.1 Å². The molecular weight excluding hydrogens is 660 g/mol. The molecule has 0 atom stereocenters. The zero-order valence-corrected chi connectivity index (χ0v) is 24.9. The third kappa shape index (κ3) is 6.38. The number of methoxy groups -OCH3 is 1. The number of halogens is 3. The molecule has 0 bridgehead atoms. The Morgan fingerprint density at radius 2 is 1.77 bits per heavy atom. The number of benzene rings is 4. The Labute approximate surface area is 255 Å². The van der Waals surface area contributed by atoms with Crippen LogP contribution in [0, 0.1) is 3.57 Å². The lowest BCUT2D eigenvalue weighted by Crippen LogP contribution is -2.18. The van der Waals surface area contributed by atoms with Crippen molar-refractivity contribution in [2.24, 2.45) is 5.10 Å². The van der Waals surface area contributed by atoms with Crippen molar-refractivity contribution < 1.29 is 14.3 Å². The SMILES string of the molecule is COc1cc(/C=N/NC(=O)c2cc(-c3ccccc3)nc3ccccc23)cc(I)c1OCc1ccc(Cl)cc1Cl. The maximum Gasteiger partial charge on any atom is 0.272 e. The highest BCUT2D eigenvalue weighted by atomic mass is 127. The van der Waals surface area contributed by atoms with Crippen molar-refractivity contribution in [1.82, 2.24) is 10.4 Å². The van der Waals surface area contributed by atoms with Gasteiger partial charge in [-0.3, -0.25) is 4.79 Å². The number of hydrogen-bond donors (Lipinski definition) is 1. The van der Waals surface area contributed by atoms with Crippen LogP contribution in [0.15, 0.2) is 96.1 Å². The molecule has 4 aromatic carbocycles. The van der Waals surface area contributed by atoms with Crippen molar-refractivity contribution >= 4 is 68.8 Å². The van der Waals surface area contributed by atoms with E-state index in [1.54, 1.807) is 37.6 Å². The second-order valence-electron chi connectivity index (χ2n) is 8.70. The molecule has 9 heteroatoms. The quantitative estimate of drug-likeness (QED) is 0.102. The minimum Gasteiger partial charge on any atom is -0.493 e. The van der Waals surface area contributed by atoms with Crippen molar-refractivity contribution in [3.05, 3.63) is 121 Å². The molecule has 0 radical (unpaired) electrons. The number of hydrogen-bond acceptors (Lipinski definition) is 5. The summed E-state index contributed by atoms with van der Waals surface area (Å²) in [6.07, 6.45) is 1.56. The fourth-order valence-corrected chi connectivity index (χ4v) is 5.33. The van der Waals surface area contributed by atoms with Gasteiger partial charge in [0.25, 0.3) is 5.91 Å². The summed E-state index contributed by atoms with van der Waals surface area (Å²) in [5.74, 6) is 0.762. The number of carbonyl (C=O) groups excluding carboxylic acids is 1. The van der Waals surface area contributed by atoms with E-state index in [0.29, 0.717) is 32.8 Å². The highest BCUT2D eigenvalue weighted by Crippen LogP contribution is 2.35. The molecule has 0 saturated carbocycles. The first-order chi connectivity index (χ1) is 19.4. The summed E-state index contributed by atoms with van der Waals surface area (Å²) in [7, 11) is 1.56. The highest BCUT2D eigenvalue weighted by Gasteiger charge is 2.15. The Kier molecular flexibility index (Phi) is 8.84. The number of fused-ring (bicyclic) bond motifs is 1. The molecule has 40 heavy (non-hydrogen) atoms. The number of nitrogens with one attached hydrogen (secondary N) is 1. The molecule has 0 aliphatic rings. The lowest BCUT2D eigenvalue weighted by molar-refractivity contribution is 0.0956. The summed E-state index contributed by atoms with van der Waals surface area (Å²) in [6.45, 7) is 0.247. The fourth-order valence-electron chi connectivity index (χ4n) is 4.09. The Hall–Kier alpha value is -3.66. The van der Waals surface area contributed by atoms with Crippen molar-refractivity contribution in [2.45, 2.75) is 6.61 Å². The molecule has 1 heterocycles. The van der Waals surface area contributed by atoms with Gasteiger partial charge in [-0.25, -0.2) is 10.4 Å². The van der Waals surface area contributed by atoms with Gasteiger partial charge in [-0.15, -0.1) is 0 Å². The summed E-state index contributed by atoms with van der Waals surface area (Å²) >= 11 is 14.4. The van der Waals surface area contributed by atoms with E-state index in [0.717, 1.165) is 31.2 Å². The highest BCUT2D eigenvalue weighted by molar-refractivity contribution is 14.1. The number of rotatable bonds is 8. The van der Waals surface area contributed by atoms with Gasteiger partial charge in [0.05, 0.1) is 33.7 Å². The number of para-hydroxylation sites is 1. The lowest BCUT2D eigenvalue weighted by atomic mass is 10.0. The Morgan fingerprint density at radius 1 is 1.00 bits per heavy atom. The first-order valence-corrected chi connectivity index (χ1v) is 14.0. The van der Waals surface area contributed by atoms with Gasteiger partial charge < -0.3 is 9.47 Å². The lowest BCUT2D eigenvalue weighted by Gasteiger charge is -2.14. The molecule has 6 nitrogen and oxygen atoms in total. The standard InChI is InChI=1S/C31H22Cl2IN3O3/c1-39-29-14-19(13-26(34)30(29)40-18-21-11-12-22(32)15-25(21)33)17-35-37-31(38)24-16-28(20-7-3-2-4-8-20)36-27-10-6-5-9-23(24)27/h2-17H,18H2,1H3,(H,37,38)/b35-17+. The molecular formula is C31H22Cl2IN3O3. The van der Waals surface area contributed by atoms with Gasteiger partial charge in [-0.1, -0.05) is 77.8 Å². The molecule has 200 valence electrons. The van der Waals surface area contributed by atoms with E-state index >= 15 is 0 Å². The van der Waals surface area contributed by atoms with Crippen LogP contribution in [0.1, 0.15) is 21.5 Å². The number of hydrazone groups is 1. The molecule has 0 aliphatic carbocycles. The Morgan fingerprint density at radius 3 is 2.55 bits per heavy atom. The molecule has 1 amide bonds. The van der Waals surface area contributed by atoms with E-state index in [1.807, 2.05) is 66.7 Å². The third-order valence-electron chi connectivity index (χ3n) is 6.05. The van der Waals surface area contributed by atoms with Crippen molar-refractivity contribution in [3.8, 4) is 22.8 Å². The van der Waals surface area contributed by atoms with Crippen LogP contribution >= 0.6 is 45.8 Å². The predicted molar refractivity (Wildman–Crippen MR) is 169 cm³/mol. The largest absolute Gasteiger partial charge is 0.493 e. The Bertz CT molecular complexity index is 1730. The van der Waals surface area contributed by atoms with E-state index in [-0.39, 0.29) is 12.5 Å². The zero-order valence-electron chi connectivity index (χ0n) is 21.2. The molecule has 0 saturated heterocycles. The number of carbonyl (C=O) groups is 1. The molecule has 0 spiro atoms. The van der Waals surface area contributed by atoms with Crippen LogP contribution in [-0.4, -0.2) is 24.2 Å². The van der Waals surface area contributed by atoms with Gasteiger partial charge >= 0.3 is 0 Å². The number of nitrogens with zero attached hydrogens (tertiary/aromatic N) is 2. The van der Waals surface area contributed by atoms with E-state index in [4.69, 9.17) is 37.7 Å². The molecule has 0 fully saturated rings. The summed E-state index contributed by atoms with van der Waals surface area (Å²) in [5, 5.41) is 6.04. The Balaban J connectivity index is 1.35. The summed E-state index contributed by atoms with van der Waals surface area (Å²) < 4.78 is 12.4. The molecule has 1 N–H and O–H groups in total. The number of aromatic nitrogens is 1. The van der Waals surface area contributed by atoms with Crippen LogP contribution in [0.2, 0.25) is 10.0 Å². The van der Waals surface area contributed by atoms with E-state index in [1.165, 1.54) is 0 Å². The monoisotopic (exact) mass is 681 g/mol. The first-order valence-electron chi connectivity index (χ1n) is 12.2. The average Bonchev–Trinajstić information content (AvgIpc) is 2.97. The smallest absolute Gasteiger partial charge is 0.272 e. The first kappa shape index (κ1) is 27.9. The van der Waals surface area contributed by atoms with Gasteiger partial charge in [0, 0.05) is 26.6 Å². The fraction of sp³-hybridized carbons (Fsp3) is 0.0645. The van der Waals surface area contributed by atoms with Crippen LogP contribution in [0.3, 0.4) is 0 Å². The second kappa shape index (κ2) is 12.7. The van der Waals surface area contributed by atoms with E-state index in [9.17, 15) is 4.79 Å².